The van der Waals surface area contributed by atoms with Crippen molar-refractivity contribution in [2.75, 3.05) is 0 Å². The number of carboxylic acid groups (broad SMARTS) is 1. The fraction of sp³-hybridized carbons (Fsp3) is 0.947. The summed E-state index contributed by atoms with van der Waals surface area (Å²) in [5.74, 6) is 4.07. The Bertz CT molecular complexity index is 402. The second-order valence-electron chi connectivity index (χ2n) is 8.70. The maximum absolute atomic E-state index is 11.8. The Morgan fingerprint density at radius 3 is 2.52 bits per heavy atom. The average molecular weight is 292 g/mol. The van der Waals surface area contributed by atoms with Crippen LogP contribution in [0.15, 0.2) is 0 Å². The molecule has 21 heavy (non-hydrogen) atoms. The number of carbonyl (C=O) groups is 1. The summed E-state index contributed by atoms with van der Waals surface area (Å²) >= 11 is 0. The highest BCUT2D eigenvalue weighted by Crippen LogP contribution is 2.58. The van der Waals surface area contributed by atoms with Gasteiger partial charge in [-0.15, -0.1) is 0 Å². The molecule has 3 rings (SSSR count). The topological polar surface area (TPSA) is 37.3 Å². The van der Waals surface area contributed by atoms with Crippen LogP contribution in [0.2, 0.25) is 0 Å². The first-order valence-electron chi connectivity index (χ1n) is 9.17. The molecule has 0 amide bonds. The summed E-state index contributed by atoms with van der Waals surface area (Å²) in [5, 5.41) is 9.75. The summed E-state index contributed by atoms with van der Waals surface area (Å²) in [4.78, 5) is 11.8. The smallest absolute Gasteiger partial charge is 0.309 e. The second kappa shape index (κ2) is 5.59. The second-order valence-corrected chi connectivity index (χ2v) is 8.70. The molecule has 0 aliphatic heterocycles. The number of hydrogen-bond donors (Lipinski definition) is 1. The first-order chi connectivity index (χ1) is 9.93. The van der Waals surface area contributed by atoms with Gasteiger partial charge in [0.2, 0.25) is 0 Å². The molecule has 0 aromatic rings. The summed E-state index contributed by atoms with van der Waals surface area (Å²) in [6.45, 7) is 6.78. The highest BCUT2D eigenvalue weighted by Gasteiger charge is 2.53. The molecule has 6 atom stereocenters. The molecule has 3 aliphatic rings. The van der Waals surface area contributed by atoms with Crippen LogP contribution in [-0.2, 0) is 4.79 Å². The third kappa shape index (κ3) is 2.53. The van der Waals surface area contributed by atoms with E-state index < -0.39 is 11.4 Å². The number of rotatable bonds is 2. The summed E-state index contributed by atoms with van der Waals surface area (Å²) < 4.78 is 0. The van der Waals surface area contributed by atoms with E-state index in [1.165, 1.54) is 38.5 Å². The zero-order valence-corrected chi connectivity index (χ0v) is 14.0. The Labute approximate surface area is 129 Å². The van der Waals surface area contributed by atoms with E-state index in [4.69, 9.17) is 0 Å². The summed E-state index contributed by atoms with van der Waals surface area (Å²) in [7, 11) is 0. The Morgan fingerprint density at radius 2 is 1.86 bits per heavy atom. The van der Waals surface area contributed by atoms with Gasteiger partial charge in [0.25, 0.3) is 0 Å². The lowest BCUT2D eigenvalue weighted by Gasteiger charge is -2.54. The molecule has 3 fully saturated rings. The van der Waals surface area contributed by atoms with Crippen molar-refractivity contribution in [3.63, 3.8) is 0 Å². The van der Waals surface area contributed by atoms with E-state index >= 15 is 0 Å². The largest absolute Gasteiger partial charge is 0.481 e. The molecule has 0 bridgehead atoms. The maximum Gasteiger partial charge on any atom is 0.309 e. The van der Waals surface area contributed by atoms with Crippen molar-refractivity contribution in [2.24, 2.45) is 40.9 Å². The Balaban J connectivity index is 1.77. The average Bonchev–Trinajstić information content (AvgIpc) is 2.46. The molecule has 0 radical (unpaired) electrons. The zero-order valence-electron chi connectivity index (χ0n) is 14.0. The molecule has 3 aliphatic carbocycles. The fourth-order valence-corrected chi connectivity index (χ4v) is 6.09. The minimum absolute atomic E-state index is 0.442. The van der Waals surface area contributed by atoms with Crippen LogP contribution in [0.4, 0.5) is 0 Å². The molecule has 120 valence electrons. The van der Waals surface area contributed by atoms with Crippen molar-refractivity contribution in [2.45, 2.75) is 72.1 Å². The molecule has 0 aromatic heterocycles. The summed E-state index contributed by atoms with van der Waals surface area (Å²) in [5.41, 5.74) is -0.442. The normalized spacial score (nSPS) is 46.8. The van der Waals surface area contributed by atoms with Gasteiger partial charge in [-0.1, -0.05) is 20.3 Å². The van der Waals surface area contributed by atoms with E-state index in [2.05, 4.69) is 13.8 Å². The molecule has 0 spiro atoms. The molecule has 2 nitrogen and oxygen atoms in total. The third-order valence-electron chi connectivity index (χ3n) is 7.48. The van der Waals surface area contributed by atoms with Gasteiger partial charge >= 0.3 is 5.97 Å². The Hall–Kier alpha value is -0.530. The van der Waals surface area contributed by atoms with Gasteiger partial charge in [0.15, 0.2) is 0 Å². The van der Waals surface area contributed by atoms with Gasteiger partial charge < -0.3 is 5.11 Å². The fourth-order valence-electron chi connectivity index (χ4n) is 6.09. The van der Waals surface area contributed by atoms with Gasteiger partial charge in [-0.2, -0.15) is 0 Å². The van der Waals surface area contributed by atoms with Crippen LogP contribution in [0, 0.1) is 40.9 Å². The van der Waals surface area contributed by atoms with Gasteiger partial charge in [-0.25, -0.2) is 0 Å². The number of carboxylic acids is 1. The minimum Gasteiger partial charge on any atom is -0.481 e. The van der Waals surface area contributed by atoms with Gasteiger partial charge in [-0.05, 0) is 87.4 Å². The van der Waals surface area contributed by atoms with Crippen molar-refractivity contribution >= 4 is 5.97 Å². The van der Waals surface area contributed by atoms with Crippen LogP contribution in [0.1, 0.15) is 72.1 Å². The van der Waals surface area contributed by atoms with Crippen LogP contribution < -0.4 is 0 Å². The molecule has 3 saturated carbocycles. The molecule has 0 saturated heterocycles. The number of hydrogen-bond acceptors (Lipinski definition) is 1. The van der Waals surface area contributed by atoms with E-state index in [1.54, 1.807) is 0 Å². The number of aliphatic carboxylic acids is 1. The molecule has 0 heterocycles. The molecular weight excluding hydrogens is 260 g/mol. The summed E-state index contributed by atoms with van der Waals surface area (Å²) in [6.07, 6.45) is 9.93. The van der Waals surface area contributed by atoms with Gasteiger partial charge in [0, 0.05) is 0 Å². The van der Waals surface area contributed by atoms with Crippen molar-refractivity contribution in [3.05, 3.63) is 0 Å². The van der Waals surface area contributed by atoms with E-state index in [9.17, 15) is 9.90 Å². The van der Waals surface area contributed by atoms with E-state index in [0.29, 0.717) is 11.8 Å². The molecule has 2 heteroatoms. The lowest BCUT2D eigenvalue weighted by atomic mass is 9.50. The monoisotopic (exact) mass is 292 g/mol. The first kappa shape index (κ1) is 15.4. The lowest BCUT2D eigenvalue weighted by Crippen LogP contribution is -2.50. The highest BCUT2D eigenvalue weighted by molar-refractivity contribution is 5.74. The van der Waals surface area contributed by atoms with E-state index in [0.717, 1.165) is 36.5 Å². The van der Waals surface area contributed by atoms with Crippen LogP contribution in [0.5, 0.6) is 0 Å². The van der Waals surface area contributed by atoms with Crippen LogP contribution in [-0.4, -0.2) is 11.1 Å². The lowest BCUT2D eigenvalue weighted by molar-refractivity contribution is -0.161. The van der Waals surface area contributed by atoms with E-state index in [1.807, 2.05) is 6.92 Å². The van der Waals surface area contributed by atoms with Crippen LogP contribution in [0.3, 0.4) is 0 Å². The van der Waals surface area contributed by atoms with Gasteiger partial charge in [0.1, 0.15) is 0 Å². The maximum atomic E-state index is 11.8. The quantitative estimate of drug-likeness (QED) is 0.779. The van der Waals surface area contributed by atoms with Gasteiger partial charge in [0.05, 0.1) is 5.41 Å². The van der Waals surface area contributed by atoms with Crippen molar-refractivity contribution in [1.82, 2.24) is 0 Å². The minimum atomic E-state index is -0.536. The van der Waals surface area contributed by atoms with Crippen LogP contribution in [0.25, 0.3) is 0 Å². The zero-order chi connectivity index (χ0) is 15.2. The number of fused-ring (bicyclic) bond motifs is 3. The predicted molar refractivity (Wildman–Crippen MR) is 85.0 cm³/mol. The standard InChI is InChI=1S/C19H32O2/c1-12(2)13-6-8-15-14(11-13)7-9-17-16(15)5-4-10-19(17,3)18(20)21/h12-17H,4-11H2,1-3H3,(H,20,21)/t13?,14?,15-,16+,17+,19+/m0/s1. The van der Waals surface area contributed by atoms with Crippen molar-refractivity contribution in [1.29, 1.82) is 0 Å². The highest BCUT2D eigenvalue weighted by atomic mass is 16.4. The summed E-state index contributed by atoms with van der Waals surface area (Å²) in [6, 6.07) is 0. The molecule has 0 aromatic carbocycles. The molecular formula is C19H32O2. The molecule has 1 N–H and O–H groups in total. The Morgan fingerprint density at radius 1 is 1.10 bits per heavy atom. The first-order valence-corrected chi connectivity index (χ1v) is 9.17. The predicted octanol–water partition coefficient (Wildman–Crippen LogP) is 4.98. The third-order valence-corrected chi connectivity index (χ3v) is 7.48. The van der Waals surface area contributed by atoms with E-state index in [-0.39, 0.29) is 0 Å². The molecule has 2 unspecified atom stereocenters. The van der Waals surface area contributed by atoms with Gasteiger partial charge in [-0.3, -0.25) is 4.79 Å². The van der Waals surface area contributed by atoms with Crippen molar-refractivity contribution in [3.8, 4) is 0 Å². The SMILES string of the molecule is CC(C)C1CC[C@H]2C(CC[C@@H]3[C@@H]2CCC[C@@]3(C)C(=O)O)C1. The van der Waals surface area contributed by atoms with Crippen LogP contribution >= 0.6 is 0 Å². The Kier molecular flexibility index (Phi) is 4.09. The van der Waals surface area contributed by atoms with Crippen molar-refractivity contribution < 1.29 is 9.90 Å².